The quantitative estimate of drug-likeness (QED) is 0.474. The molecule has 2 heterocycles. The molecule has 6 heteroatoms. The Morgan fingerprint density at radius 2 is 1.75 bits per heavy atom. The molecule has 32 heavy (non-hydrogen) atoms. The van der Waals surface area contributed by atoms with E-state index in [1.54, 1.807) is 18.3 Å². The van der Waals surface area contributed by atoms with Crippen molar-refractivity contribution < 1.29 is 4.79 Å². The third kappa shape index (κ3) is 5.17. The van der Waals surface area contributed by atoms with Gasteiger partial charge in [0.1, 0.15) is 0 Å². The maximum atomic E-state index is 12.5. The van der Waals surface area contributed by atoms with Crippen LogP contribution in [0, 0.1) is 0 Å². The fourth-order valence-electron chi connectivity index (χ4n) is 3.97. The molecule has 0 atom stereocenters. The average Bonchev–Trinajstić information content (AvgIpc) is 3.31. The topological polar surface area (TPSA) is 66.9 Å². The van der Waals surface area contributed by atoms with Crippen LogP contribution in [-0.2, 0) is 5.41 Å². The maximum Gasteiger partial charge on any atom is 0.265 e. The number of pyridine rings is 2. The molecule has 1 aliphatic carbocycles. The van der Waals surface area contributed by atoms with Gasteiger partial charge in [-0.05, 0) is 48.7 Å². The zero-order chi connectivity index (χ0) is 22.7. The van der Waals surface area contributed by atoms with Gasteiger partial charge in [0.15, 0.2) is 0 Å². The molecule has 0 unspecified atom stereocenters. The van der Waals surface area contributed by atoms with E-state index in [9.17, 15) is 4.79 Å². The zero-order valence-corrected chi connectivity index (χ0v) is 19.5. The Morgan fingerprint density at radius 3 is 2.47 bits per heavy atom. The SMILES string of the molecule is CC(C)(C)c1cc(-c2cncc(-c3ccc(C(=O)NNC4CCCC4)cc3Cl)c2)ccn1. The monoisotopic (exact) mass is 448 g/mol. The van der Waals surface area contributed by atoms with Crippen LogP contribution in [0.1, 0.15) is 62.5 Å². The molecule has 1 amide bonds. The number of hydrogen-bond acceptors (Lipinski definition) is 4. The first-order valence-corrected chi connectivity index (χ1v) is 11.5. The van der Waals surface area contributed by atoms with E-state index in [-0.39, 0.29) is 11.3 Å². The van der Waals surface area contributed by atoms with E-state index in [0.717, 1.165) is 40.8 Å². The van der Waals surface area contributed by atoms with Crippen LogP contribution in [0.25, 0.3) is 22.3 Å². The Kier molecular flexibility index (Phi) is 6.58. The Balaban J connectivity index is 1.55. The first kappa shape index (κ1) is 22.4. The lowest BCUT2D eigenvalue weighted by Crippen LogP contribution is -2.43. The van der Waals surface area contributed by atoms with Gasteiger partial charge in [0.05, 0.1) is 0 Å². The summed E-state index contributed by atoms with van der Waals surface area (Å²) in [5.74, 6) is -0.177. The summed E-state index contributed by atoms with van der Waals surface area (Å²) in [5, 5.41) is 0.516. The maximum absolute atomic E-state index is 12.5. The second-order valence-corrected chi connectivity index (χ2v) is 9.82. The number of hydrazine groups is 1. The van der Waals surface area contributed by atoms with Crippen LogP contribution in [0.5, 0.6) is 0 Å². The van der Waals surface area contributed by atoms with Gasteiger partial charge in [0.2, 0.25) is 0 Å². The summed E-state index contributed by atoms with van der Waals surface area (Å²) < 4.78 is 0. The van der Waals surface area contributed by atoms with Gasteiger partial charge in [-0.1, -0.05) is 51.3 Å². The predicted molar refractivity (Wildman–Crippen MR) is 129 cm³/mol. The van der Waals surface area contributed by atoms with Crippen molar-refractivity contribution in [3.63, 3.8) is 0 Å². The van der Waals surface area contributed by atoms with Crippen molar-refractivity contribution in [3.8, 4) is 22.3 Å². The number of halogens is 1. The third-order valence-electron chi connectivity index (χ3n) is 5.89. The van der Waals surface area contributed by atoms with Crippen LogP contribution in [0.2, 0.25) is 5.02 Å². The minimum absolute atomic E-state index is 0.0343. The van der Waals surface area contributed by atoms with Crippen molar-refractivity contribution in [1.82, 2.24) is 20.8 Å². The lowest BCUT2D eigenvalue weighted by Gasteiger charge is -2.18. The summed E-state index contributed by atoms with van der Waals surface area (Å²) in [6.45, 7) is 6.44. The minimum Gasteiger partial charge on any atom is -0.287 e. The van der Waals surface area contributed by atoms with Crippen LogP contribution in [-0.4, -0.2) is 21.9 Å². The normalized spacial score (nSPS) is 14.5. The highest BCUT2D eigenvalue weighted by atomic mass is 35.5. The summed E-state index contributed by atoms with van der Waals surface area (Å²) in [6.07, 6.45) is 10.1. The second-order valence-electron chi connectivity index (χ2n) is 9.42. The summed E-state index contributed by atoms with van der Waals surface area (Å²) in [4.78, 5) is 21.4. The summed E-state index contributed by atoms with van der Waals surface area (Å²) in [6, 6.07) is 11.9. The van der Waals surface area contributed by atoms with Crippen LogP contribution in [0.15, 0.2) is 55.0 Å². The van der Waals surface area contributed by atoms with Gasteiger partial charge in [-0.15, -0.1) is 0 Å². The fourth-order valence-corrected chi connectivity index (χ4v) is 4.26. The van der Waals surface area contributed by atoms with Gasteiger partial charge < -0.3 is 0 Å². The van der Waals surface area contributed by atoms with E-state index in [2.05, 4.69) is 53.7 Å². The molecule has 2 N–H and O–H groups in total. The molecule has 0 radical (unpaired) electrons. The molecule has 166 valence electrons. The predicted octanol–water partition coefficient (Wildman–Crippen LogP) is 5.94. The lowest BCUT2D eigenvalue weighted by atomic mass is 9.90. The Morgan fingerprint density at radius 1 is 1.00 bits per heavy atom. The lowest BCUT2D eigenvalue weighted by molar-refractivity contribution is 0.0925. The molecule has 1 aliphatic rings. The molecule has 0 spiro atoms. The van der Waals surface area contributed by atoms with Crippen molar-refractivity contribution in [2.75, 3.05) is 0 Å². The number of carbonyl (C=O) groups is 1. The largest absolute Gasteiger partial charge is 0.287 e. The molecule has 1 aromatic carbocycles. The average molecular weight is 449 g/mol. The van der Waals surface area contributed by atoms with Gasteiger partial charge in [0.25, 0.3) is 5.91 Å². The molecule has 1 saturated carbocycles. The molecule has 1 fully saturated rings. The van der Waals surface area contributed by atoms with Crippen molar-refractivity contribution in [1.29, 1.82) is 0 Å². The summed E-state index contributed by atoms with van der Waals surface area (Å²) in [7, 11) is 0. The van der Waals surface area contributed by atoms with Gasteiger partial charge >= 0.3 is 0 Å². The first-order chi connectivity index (χ1) is 15.3. The molecule has 2 aromatic heterocycles. The number of nitrogens with one attached hydrogen (secondary N) is 2. The number of rotatable bonds is 5. The zero-order valence-electron chi connectivity index (χ0n) is 18.8. The van der Waals surface area contributed by atoms with E-state index < -0.39 is 0 Å². The third-order valence-corrected chi connectivity index (χ3v) is 6.20. The Labute approximate surface area is 194 Å². The van der Waals surface area contributed by atoms with Crippen LogP contribution >= 0.6 is 11.6 Å². The molecule has 0 saturated heterocycles. The summed E-state index contributed by atoms with van der Waals surface area (Å²) >= 11 is 6.58. The van der Waals surface area contributed by atoms with Gasteiger partial charge in [-0.2, -0.15) is 0 Å². The highest BCUT2D eigenvalue weighted by Gasteiger charge is 2.18. The van der Waals surface area contributed by atoms with Gasteiger partial charge in [-0.3, -0.25) is 20.2 Å². The standard InChI is InChI=1S/C26H29ClN4O/c1-26(2,3)24-14-17(10-11-29-24)19-12-20(16-28-15-19)22-9-8-18(13-23(22)27)25(32)31-30-21-6-4-5-7-21/h8-16,21,30H,4-7H2,1-3H3,(H,31,32). The van der Waals surface area contributed by atoms with E-state index in [1.807, 2.05) is 24.5 Å². The molecular weight excluding hydrogens is 420 g/mol. The molecule has 5 nitrogen and oxygen atoms in total. The van der Waals surface area contributed by atoms with Gasteiger partial charge in [-0.25, -0.2) is 5.43 Å². The smallest absolute Gasteiger partial charge is 0.265 e. The molecule has 3 aromatic rings. The van der Waals surface area contributed by atoms with Crippen LogP contribution in [0.4, 0.5) is 0 Å². The van der Waals surface area contributed by atoms with E-state index in [4.69, 9.17) is 11.6 Å². The van der Waals surface area contributed by atoms with E-state index in [1.165, 1.54) is 12.8 Å². The number of carbonyl (C=O) groups excluding carboxylic acids is 1. The number of amides is 1. The van der Waals surface area contributed by atoms with E-state index in [0.29, 0.717) is 16.6 Å². The summed E-state index contributed by atoms with van der Waals surface area (Å²) in [5.41, 5.74) is 11.3. The Hall–Kier alpha value is -2.76. The molecule has 4 rings (SSSR count). The fraction of sp³-hybridized carbons (Fsp3) is 0.346. The highest BCUT2D eigenvalue weighted by Crippen LogP contribution is 2.32. The number of aromatic nitrogens is 2. The number of benzene rings is 1. The molecular formula is C26H29ClN4O. The Bertz CT molecular complexity index is 1120. The highest BCUT2D eigenvalue weighted by molar-refractivity contribution is 6.33. The first-order valence-electron chi connectivity index (χ1n) is 11.1. The van der Waals surface area contributed by atoms with Crippen molar-refractivity contribution in [2.45, 2.75) is 57.9 Å². The number of hydrogen-bond donors (Lipinski definition) is 2. The van der Waals surface area contributed by atoms with Crippen LogP contribution in [0.3, 0.4) is 0 Å². The van der Waals surface area contributed by atoms with Crippen molar-refractivity contribution in [3.05, 3.63) is 71.3 Å². The second kappa shape index (κ2) is 9.39. The minimum atomic E-state index is -0.177. The van der Waals surface area contributed by atoms with E-state index >= 15 is 0 Å². The van der Waals surface area contributed by atoms with Crippen molar-refractivity contribution >= 4 is 17.5 Å². The van der Waals surface area contributed by atoms with Crippen LogP contribution < -0.4 is 10.9 Å². The molecule has 0 bridgehead atoms. The van der Waals surface area contributed by atoms with Crippen molar-refractivity contribution in [2.24, 2.45) is 0 Å². The number of nitrogens with zero attached hydrogens (tertiary/aromatic N) is 2. The van der Waals surface area contributed by atoms with Gasteiger partial charge in [0, 0.05) is 63.0 Å². The molecule has 0 aliphatic heterocycles.